The molecule has 3 atom stereocenters. The molecule has 2 saturated heterocycles. The predicted molar refractivity (Wildman–Crippen MR) is 147 cm³/mol. The van der Waals surface area contributed by atoms with Gasteiger partial charge in [0.05, 0.1) is 40.2 Å². The Morgan fingerprint density at radius 2 is 1.98 bits per heavy atom. The number of aromatic nitrogens is 4. The number of halogens is 3. The van der Waals surface area contributed by atoms with Crippen molar-refractivity contribution in [3.8, 4) is 11.3 Å². The van der Waals surface area contributed by atoms with Gasteiger partial charge >= 0.3 is 6.09 Å². The molecule has 2 N–H and O–H groups in total. The molecule has 13 heteroatoms. The number of amides is 1. The first-order valence-corrected chi connectivity index (χ1v) is 14.7. The number of anilines is 1. The fourth-order valence-electron chi connectivity index (χ4n) is 6.82. The van der Waals surface area contributed by atoms with Crippen LogP contribution in [-0.4, -0.2) is 56.8 Å². The van der Waals surface area contributed by atoms with Crippen LogP contribution in [0.5, 0.6) is 0 Å². The van der Waals surface area contributed by atoms with Crippen LogP contribution in [0.1, 0.15) is 57.3 Å². The number of morpholine rings is 1. The fraction of sp³-hybridized carbons (Fsp3) is 0.571. The predicted octanol–water partition coefficient (Wildman–Crippen LogP) is 5.22. The van der Waals surface area contributed by atoms with Crippen LogP contribution >= 0.6 is 11.6 Å². The highest BCUT2D eigenvalue weighted by Gasteiger charge is 2.56. The van der Waals surface area contributed by atoms with Crippen LogP contribution in [0, 0.1) is 11.8 Å². The molecular weight excluding hydrogens is 556 g/mol. The van der Waals surface area contributed by atoms with E-state index in [1.807, 2.05) is 0 Å². The maximum Gasteiger partial charge on any atom is 0.427 e. The topological polar surface area (TPSA) is 106 Å². The van der Waals surface area contributed by atoms with Crippen LogP contribution in [0.4, 0.5) is 19.5 Å². The molecule has 2 aliphatic carbocycles. The number of alkyl halides is 2. The Balaban J connectivity index is 1.43. The van der Waals surface area contributed by atoms with Crippen LogP contribution in [0.2, 0.25) is 5.02 Å². The zero-order chi connectivity index (χ0) is 28.3. The summed E-state index contributed by atoms with van der Waals surface area (Å²) in [5.41, 5.74) is 5.63. The lowest BCUT2D eigenvalue weighted by Gasteiger charge is -2.41. The number of rotatable bonds is 5. The number of hydrogen-bond donors (Lipinski definition) is 2. The maximum atomic E-state index is 15.3. The number of nitrogens with zero attached hydrogens (tertiary/aromatic N) is 5. The van der Waals surface area contributed by atoms with E-state index in [1.54, 1.807) is 29.4 Å². The van der Waals surface area contributed by atoms with Crippen molar-refractivity contribution in [2.24, 2.45) is 11.8 Å². The summed E-state index contributed by atoms with van der Waals surface area (Å²) in [6, 6.07) is 2.45. The van der Waals surface area contributed by atoms with Gasteiger partial charge in [0.1, 0.15) is 6.04 Å². The van der Waals surface area contributed by atoms with Gasteiger partial charge in [-0.1, -0.05) is 31.4 Å². The van der Waals surface area contributed by atoms with Crippen molar-refractivity contribution < 1.29 is 23.1 Å². The molecule has 41 heavy (non-hydrogen) atoms. The molecule has 10 nitrogen and oxygen atoms in total. The summed E-state index contributed by atoms with van der Waals surface area (Å²) in [4.78, 5) is 32.7. The van der Waals surface area contributed by atoms with E-state index >= 15 is 8.78 Å². The van der Waals surface area contributed by atoms with Crippen molar-refractivity contribution in [3.05, 3.63) is 35.2 Å². The number of imidazole rings is 1. The standard InChI is InChI=1S/C28H32ClF2N7O3/c1-15-2-4-16(5-3-15)14-38-23-19(34-26(38)37-8-9-40-21-6-7-28(30,31)24(21)37)11-20(25-35-27(39)41-36-25)33-22(23)17-10-18(29)13-32-12-17/h10-13,15-16,21,24-25,36H,2-9,14H2,1H3,(H,35,39)/t15?,16?,21-,24+,25?/m1/s1. The smallest absolute Gasteiger partial charge is 0.374 e. The third-order valence-electron chi connectivity index (χ3n) is 8.91. The van der Waals surface area contributed by atoms with E-state index in [-0.39, 0.29) is 6.42 Å². The fourth-order valence-corrected chi connectivity index (χ4v) is 7.00. The Hall–Kier alpha value is -3.09. The third-order valence-corrected chi connectivity index (χ3v) is 9.12. The van der Waals surface area contributed by atoms with Gasteiger partial charge in [-0.2, -0.15) is 0 Å². The lowest BCUT2D eigenvalue weighted by Crippen LogP contribution is -2.56. The summed E-state index contributed by atoms with van der Waals surface area (Å²) in [6.45, 7) is 3.57. The molecule has 1 amide bonds. The Morgan fingerprint density at radius 1 is 1.15 bits per heavy atom. The van der Waals surface area contributed by atoms with E-state index in [0.717, 1.165) is 31.2 Å². The van der Waals surface area contributed by atoms with Gasteiger partial charge in [-0.05, 0) is 43.2 Å². The highest BCUT2D eigenvalue weighted by molar-refractivity contribution is 6.30. The monoisotopic (exact) mass is 587 g/mol. The van der Waals surface area contributed by atoms with Crippen LogP contribution in [0.15, 0.2) is 24.5 Å². The summed E-state index contributed by atoms with van der Waals surface area (Å²) < 4.78 is 38.6. The Kier molecular flexibility index (Phi) is 6.74. The molecule has 5 heterocycles. The van der Waals surface area contributed by atoms with Crippen LogP contribution in [-0.2, 0) is 16.1 Å². The van der Waals surface area contributed by atoms with E-state index < -0.39 is 30.3 Å². The maximum absolute atomic E-state index is 15.3. The minimum absolute atomic E-state index is 0.211. The second kappa shape index (κ2) is 10.3. The molecule has 4 fully saturated rings. The van der Waals surface area contributed by atoms with E-state index in [1.165, 1.54) is 0 Å². The molecule has 2 saturated carbocycles. The number of hydroxylamine groups is 1. The quantitative estimate of drug-likeness (QED) is 0.419. The Labute approximate surface area is 240 Å². The molecular formula is C28H32ClF2N7O3. The number of hydrogen-bond acceptors (Lipinski definition) is 8. The number of ether oxygens (including phenoxy) is 1. The number of fused-ring (bicyclic) bond motifs is 2. The molecule has 3 aromatic heterocycles. The second-order valence-corrected chi connectivity index (χ2v) is 12.2. The average molecular weight is 588 g/mol. The lowest BCUT2D eigenvalue weighted by atomic mass is 9.83. The highest BCUT2D eigenvalue weighted by atomic mass is 35.5. The highest BCUT2D eigenvalue weighted by Crippen LogP contribution is 2.45. The number of carbonyl (C=O) groups is 1. The van der Waals surface area contributed by atoms with Gasteiger partial charge in [0.2, 0.25) is 5.95 Å². The molecule has 0 bridgehead atoms. The van der Waals surface area contributed by atoms with E-state index in [2.05, 4.69) is 27.3 Å². The van der Waals surface area contributed by atoms with Gasteiger partial charge in [0.25, 0.3) is 5.92 Å². The van der Waals surface area contributed by atoms with Crippen LogP contribution < -0.4 is 15.7 Å². The van der Waals surface area contributed by atoms with Gasteiger partial charge in [-0.15, -0.1) is 5.48 Å². The number of pyridine rings is 2. The van der Waals surface area contributed by atoms with Crippen molar-refractivity contribution in [2.45, 2.75) is 76.2 Å². The first-order chi connectivity index (χ1) is 19.8. The van der Waals surface area contributed by atoms with Crippen LogP contribution in [0.3, 0.4) is 0 Å². The number of carbonyl (C=O) groups excluding carboxylic acids is 1. The summed E-state index contributed by atoms with van der Waals surface area (Å²) in [7, 11) is 0. The van der Waals surface area contributed by atoms with Gasteiger partial charge in [0.15, 0.2) is 6.17 Å². The van der Waals surface area contributed by atoms with Crippen LogP contribution in [0.25, 0.3) is 22.3 Å². The molecule has 0 spiro atoms. The zero-order valence-corrected chi connectivity index (χ0v) is 23.4. The summed E-state index contributed by atoms with van der Waals surface area (Å²) in [6.07, 6.45) is 5.81. The van der Waals surface area contributed by atoms with Gasteiger partial charge in [0, 0.05) is 37.5 Å². The Morgan fingerprint density at radius 3 is 2.73 bits per heavy atom. The molecule has 4 aliphatic rings. The summed E-state index contributed by atoms with van der Waals surface area (Å²) >= 11 is 6.35. The third kappa shape index (κ3) is 4.89. The zero-order valence-electron chi connectivity index (χ0n) is 22.7. The summed E-state index contributed by atoms with van der Waals surface area (Å²) in [5, 5.41) is 3.12. The molecule has 1 unspecified atom stereocenters. The largest absolute Gasteiger partial charge is 0.427 e. The number of nitrogens with one attached hydrogen (secondary N) is 2. The Bertz CT molecular complexity index is 1480. The molecule has 0 aromatic carbocycles. The van der Waals surface area contributed by atoms with E-state index in [4.69, 9.17) is 31.1 Å². The molecule has 2 aliphatic heterocycles. The lowest BCUT2D eigenvalue weighted by molar-refractivity contribution is -0.0583. The minimum Gasteiger partial charge on any atom is -0.374 e. The van der Waals surface area contributed by atoms with Crippen molar-refractivity contribution in [3.63, 3.8) is 0 Å². The van der Waals surface area contributed by atoms with E-state index in [0.29, 0.717) is 71.4 Å². The molecule has 7 rings (SSSR count). The molecule has 218 valence electrons. The van der Waals surface area contributed by atoms with E-state index in [9.17, 15) is 4.79 Å². The van der Waals surface area contributed by atoms with Crippen molar-refractivity contribution in [2.75, 3.05) is 18.1 Å². The minimum atomic E-state index is -2.90. The van der Waals surface area contributed by atoms with Gasteiger partial charge in [-0.3, -0.25) is 10.3 Å². The second-order valence-electron chi connectivity index (χ2n) is 11.7. The first kappa shape index (κ1) is 26.8. The molecule has 0 radical (unpaired) electrons. The van der Waals surface area contributed by atoms with Gasteiger partial charge in [-0.25, -0.2) is 23.5 Å². The average Bonchev–Trinajstić information content (AvgIpc) is 3.64. The van der Waals surface area contributed by atoms with Gasteiger partial charge < -0.3 is 19.0 Å². The summed E-state index contributed by atoms with van der Waals surface area (Å²) in [5.74, 6) is -1.35. The molecule has 3 aromatic rings. The van der Waals surface area contributed by atoms with Crippen molar-refractivity contribution >= 4 is 34.7 Å². The first-order valence-electron chi connectivity index (χ1n) is 14.3. The van der Waals surface area contributed by atoms with Crippen molar-refractivity contribution in [1.29, 1.82) is 0 Å². The normalized spacial score (nSPS) is 29.4. The van der Waals surface area contributed by atoms with Crippen molar-refractivity contribution in [1.82, 2.24) is 30.3 Å². The SMILES string of the molecule is CC1CCC(Cn2c(N3CCO[C@@H]4CCC(F)(F)[C@H]43)nc3cc(C4NOC(=O)N4)nc(-c4cncc(Cl)c4)c32)CC1.